The van der Waals surface area contributed by atoms with Crippen LogP contribution in [0.4, 0.5) is 0 Å². The van der Waals surface area contributed by atoms with Gasteiger partial charge in [-0.1, -0.05) is 41.9 Å². The van der Waals surface area contributed by atoms with Crippen molar-refractivity contribution in [2.75, 3.05) is 6.54 Å². The molecule has 128 valence electrons. The molecule has 0 spiro atoms. The number of pyridine rings is 1. The normalized spacial score (nSPS) is 11.4. The molecule has 0 aliphatic rings. The molecule has 0 aliphatic carbocycles. The summed E-state index contributed by atoms with van der Waals surface area (Å²) < 4.78 is 27.0. The van der Waals surface area contributed by atoms with Gasteiger partial charge in [-0.2, -0.15) is 0 Å². The van der Waals surface area contributed by atoms with E-state index in [1.807, 2.05) is 42.5 Å². The SMILES string of the molecule is O=S(=O)(NCCc1ccc(-c2ccccn2)cc1)c1ccc(Cl)cc1. The van der Waals surface area contributed by atoms with Crippen LogP contribution in [0.1, 0.15) is 5.56 Å². The Morgan fingerprint density at radius 2 is 1.64 bits per heavy atom. The van der Waals surface area contributed by atoms with Gasteiger partial charge < -0.3 is 0 Å². The van der Waals surface area contributed by atoms with E-state index in [1.165, 1.54) is 12.1 Å². The quantitative estimate of drug-likeness (QED) is 0.713. The molecular weight excluding hydrogens is 356 g/mol. The fourth-order valence-corrected chi connectivity index (χ4v) is 3.56. The maximum atomic E-state index is 12.2. The first kappa shape index (κ1) is 17.6. The molecule has 2 aromatic carbocycles. The Labute approximate surface area is 152 Å². The van der Waals surface area contributed by atoms with Crippen LogP contribution in [-0.4, -0.2) is 19.9 Å². The van der Waals surface area contributed by atoms with Gasteiger partial charge in [-0.25, -0.2) is 13.1 Å². The van der Waals surface area contributed by atoms with Crippen LogP contribution in [0.3, 0.4) is 0 Å². The molecule has 1 aromatic heterocycles. The number of nitrogens with zero attached hydrogens (tertiary/aromatic N) is 1. The summed E-state index contributed by atoms with van der Waals surface area (Å²) in [6, 6.07) is 19.8. The molecule has 0 fully saturated rings. The molecule has 6 heteroatoms. The van der Waals surface area contributed by atoms with Crippen LogP contribution in [0.15, 0.2) is 77.8 Å². The van der Waals surface area contributed by atoms with Crippen molar-refractivity contribution in [1.82, 2.24) is 9.71 Å². The van der Waals surface area contributed by atoms with Crippen molar-refractivity contribution >= 4 is 21.6 Å². The summed E-state index contributed by atoms with van der Waals surface area (Å²) in [5.41, 5.74) is 3.00. The first-order valence-electron chi connectivity index (χ1n) is 7.80. The summed E-state index contributed by atoms with van der Waals surface area (Å²) in [6.45, 7) is 0.327. The van der Waals surface area contributed by atoms with Gasteiger partial charge in [0.05, 0.1) is 10.6 Å². The second kappa shape index (κ2) is 7.78. The fraction of sp³-hybridized carbons (Fsp3) is 0.105. The van der Waals surface area contributed by atoms with E-state index >= 15 is 0 Å². The molecule has 0 amide bonds. The Balaban J connectivity index is 1.59. The third-order valence-corrected chi connectivity index (χ3v) is 5.47. The van der Waals surface area contributed by atoms with Gasteiger partial charge in [0, 0.05) is 23.3 Å². The number of benzene rings is 2. The number of hydrogen-bond acceptors (Lipinski definition) is 3. The smallest absolute Gasteiger partial charge is 0.240 e. The highest BCUT2D eigenvalue weighted by atomic mass is 35.5. The lowest BCUT2D eigenvalue weighted by Gasteiger charge is -2.08. The molecule has 0 aliphatic heterocycles. The predicted molar refractivity (Wildman–Crippen MR) is 100 cm³/mol. The van der Waals surface area contributed by atoms with Gasteiger partial charge in [0.15, 0.2) is 0 Å². The maximum absolute atomic E-state index is 12.2. The van der Waals surface area contributed by atoms with Crippen LogP contribution < -0.4 is 4.72 Å². The molecule has 1 N–H and O–H groups in total. The minimum Gasteiger partial charge on any atom is -0.256 e. The number of aromatic nitrogens is 1. The van der Waals surface area contributed by atoms with Crippen LogP contribution in [0.2, 0.25) is 5.02 Å². The third kappa shape index (κ3) is 4.66. The zero-order chi connectivity index (χ0) is 17.7. The molecule has 1 heterocycles. The predicted octanol–water partition coefficient (Wildman–Crippen LogP) is 3.92. The molecule has 0 saturated heterocycles. The first-order chi connectivity index (χ1) is 12.0. The molecule has 25 heavy (non-hydrogen) atoms. The molecular formula is C19H17ClN2O2S. The first-order valence-corrected chi connectivity index (χ1v) is 9.66. The number of halogens is 1. The van der Waals surface area contributed by atoms with E-state index in [0.717, 1.165) is 16.8 Å². The van der Waals surface area contributed by atoms with Crippen molar-refractivity contribution in [2.24, 2.45) is 0 Å². The van der Waals surface area contributed by atoms with Crippen LogP contribution in [0.25, 0.3) is 11.3 Å². The van der Waals surface area contributed by atoms with E-state index in [-0.39, 0.29) is 4.90 Å². The second-order valence-corrected chi connectivity index (χ2v) is 7.72. The fourth-order valence-electron chi connectivity index (χ4n) is 2.40. The Bertz CT molecular complexity index is 925. The maximum Gasteiger partial charge on any atom is 0.240 e. The molecule has 0 bridgehead atoms. The lowest BCUT2D eigenvalue weighted by molar-refractivity contribution is 0.581. The number of sulfonamides is 1. The minimum absolute atomic E-state index is 0.211. The minimum atomic E-state index is -3.52. The molecule has 0 radical (unpaired) electrons. The third-order valence-electron chi connectivity index (χ3n) is 3.74. The average Bonchev–Trinajstić information content (AvgIpc) is 2.63. The summed E-state index contributed by atoms with van der Waals surface area (Å²) in [4.78, 5) is 4.52. The van der Waals surface area contributed by atoms with E-state index in [9.17, 15) is 8.42 Å². The largest absolute Gasteiger partial charge is 0.256 e. The molecule has 3 aromatic rings. The highest BCUT2D eigenvalue weighted by Gasteiger charge is 2.12. The van der Waals surface area contributed by atoms with Crippen LogP contribution >= 0.6 is 11.6 Å². The molecule has 0 unspecified atom stereocenters. The number of hydrogen-bond donors (Lipinski definition) is 1. The van der Waals surface area contributed by atoms with Gasteiger partial charge in [0.1, 0.15) is 0 Å². The standard InChI is InChI=1S/C19H17ClN2O2S/c20-17-8-10-18(11-9-17)25(23,24)22-14-12-15-4-6-16(7-5-15)19-3-1-2-13-21-19/h1-11,13,22H,12,14H2. The zero-order valence-electron chi connectivity index (χ0n) is 13.4. The van der Waals surface area contributed by atoms with E-state index in [0.29, 0.717) is 18.0 Å². The van der Waals surface area contributed by atoms with E-state index in [1.54, 1.807) is 18.3 Å². The molecule has 4 nitrogen and oxygen atoms in total. The Hall–Kier alpha value is -2.21. The lowest BCUT2D eigenvalue weighted by atomic mass is 10.1. The average molecular weight is 373 g/mol. The topological polar surface area (TPSA) is 59.1 Å². The Kier molecular flexibility index (Phi) is 5.48. The second-order valence-electron chi connectivity index (χ2n) is 5.51. The van der Waals surface area contributed by atoms with Crippen LogP contribution in [0, 0.1) is 0 Å². The number of nitrogens with one attached hydrogen (secondary N) is 1. The summed E-state index contributed by atoms with van der Waals surface area (Å²) in [5.74, 6) is 0. The highest BCUT2D eigenvalue weighted by Crippen LogP contribution is 2.17. The summed E-state index contributed by atoms with van der Waals surface area (Å²) in [7, 11) is -3.52. The van der Waals surface area contributed by atoms with Crippen molar-refractivity contribution < 1.29 is 8.42 Å². The van der Waals surface area contributed by atoms with Crippen molar-refractivity contribution in [3.8, 4) is 11.3 Å². The molecule has 0 saturated carbocycles. The van der Waals surface area contributed by atoms with E-state index in [4.69, 9.17) is 11.6 Å². The van der Waals surface area contributed by atoms with Crippen molar-refractivity contribution in [3.05, 3.63) is 83.5 Å². The van der Waals surface area contributed by atoms with Crippen molar-refractivity contribution in [1.29, 1.82) is 0 Å². The highest BCUT2D eigenvalue weighted by molar-refractivity contribution is 7.89. The summed E-state index contributed by atoms with van der Waals surface area (Å²) in [6.07, 6.45) is 2.37. The van der Waals surface area contributed by atoms with E-state index in [2.05, 4.69) is 9.71 Å². The van der Waals surface area contributed by atoms with Crippen LogP contribution in [0.5, 0.6) is 0 Å². The van der Waals surface area contributed by atoms with Gasteiger partial charge in [-0.05, 0) is 48.4 Å². The summed E-state index contributed by atoms with van der Waals surface area (Å²) >= 11 is 5.78. The lowest BCUT2D eigenvalue weighted by Crippen LogP contribution is -2.25. The van der Waals surface area contributed by atoms with Gasteiger partial charge in [0.2, 0.25) is 10.0 Å². The van der Waals surface area contributed by atoms with Gasteiger partial charge in [-0.15, -0.1) is 0 Å². The van der Waals surface area contributed by atoms with Crippen molar-refractivity contribution in [3.63, 3.8) is 0 Å². The van der Waals surface area contributed by atoms with Gasteiger partial charge in [-0.3, -0.25) is 4.98 Å². The van der Waals surface area contributed by atoms with Crippen molar-refractivity contribution in [2.45, 2.75) is 11.3 Å². The van der Waals surface area contributed by atoms with E-state index < -0.39 is 10.0 Å². The molecule has 3 rings (SSSR count). The monoisotopic (exact) mass is 372 g/mol. The Morgan fingerprint density at radius 3 is 2.28 bits per heavy atom. The van der Waals surface area contributed by atoms with Crippen LogP contribution in [-0.2, 0) is 16.4 Å². The van der Waals surface area contributed by atoms with Gasteiger partial charge >= 0.3 is 0 Å². The number of rotatable bonds is 6. The Morgan fingerprint density at radius 1 is 0.920 bits per heavy atom. The zero-order valence-corrected chi connectivity index (χ0v) is 15.0. The summed E-state index contributed by atoms with van der Waals surface area (Å²) in [5, 5.41) is 0.506. The van der Waals surface area contributed by atoms with Gasteiger partial charge in [0.25, 0.3) is 0 Å². The molecule has 0 atom stereocenters.